The summed E-state index contributed by atoms with van der Waals surface area (Å²) in [4.78, 5) is 23.9. The molecule has 2 atom stereocenters. The van der Waals surface area contributed by atoms with Gasteiger partial charge in [0.15, 0.2) is 0 Å². The summed E-state index contributed by atoms with van der Waals surface area (Å²) in [6.45, 7) is 2.61. The van der Waals surface area contributed by atoms with E-state index in [1.807, 2.05) is 54.6 Å². The fourth-order valence-electron chi connectivity index (χ4n) is 3.77. The molecule has 0 aromatic heterocycles. The van der Waals surface area contributed by atoms with Gasteiger partial charge in [0.1, 0.15) is 0 Å². The minimum absolute atomic E-state index is 0.0131. The molecular weight excluding hydrogens is 338 g/mol. The summed E-state index contributed by atoms with van der Waals surface area (Å²) in [7, 11) is 0. The lowest BCUT2D eigenvalue weighted by atomic mass is 9.93. The van der Waals surface area contributed by atoms with Gasteiger partial charge in [-0.25, -0.2) is 0 Å². The average molecular weight is 365 g/mol. The molecule has 0 spiro atoms. The largest absolute Gasteiger partial charge is 0.481 e. The highest BCUT2D eigenvalue weighted by Gasteiger charge is 2.59. The first-order valence-electron chi connectivity index (χ1n) is 9.68. The molecule has 0 radical (unpaired) electrons. The third-order valence-corrected chi connectivity index (χ3v) is 5.56. The monoisotopic (exact) mass is 365 g/mol. The van der Waals surface area contributed by atoms with Crippen LogP contribution in [0.2, 0.25) is 0 Å². The van der Waals surface area contributed by atoms with Crippen molar-refractivity contribution in [3.63, 3.8) is 0 Å². The lowest BCUT2D eigenvalue weighted by Gasteiger charge is -2.12. The van der Waals surface area contributed by atoms with E-state index in [0.717, 1.165) is 42.4 Å². The Labute approximate surface area is 160 Å². The van der Waals surface area contributed by atoms with E-state index in [4.69, 9.17) is 0 Å². The van der Waals surface area contributed by atoms with Gasteiger partial charge in [-0.2, -0.15) is 0 Å². The Balaban J connectivity index is 1.54. The molecule has 0 saturated heterocycles. The van der Waals surface area contributed by atoms with Gasteiger partial charge < -0.3 is 10.4 Å². The zero-order chi connectivity index (χ0) is 19.3. The summed E-state index contributed by atoms with van der Waals surface area (Å²) in [5.41, 5.74) is 2.51. The van der Waals surface area contributed by atoms with Crippen LogP contribution in [0, 0.1) is 5.41 Å². The van der Waals surface area contributed by atoms with Crippen molar-refractivity contribution >= 4 is 11.9 Å². The molecule has 142 valence electrons. The molecule has 0 aliphatic heterocycles. The molecule has 4 heteroatoms. The Morgan fingerprint density at radius 2 is 1.78 bits per heavy atom. The highest BCUT2D eigenvalue weighted by molar-refractivity contribution is 5.81. The molecule has 2 aromatic rings. The van der Waals surface area contributed by atoms with Crippen LogP contribution in [0.3, 0.4) is 0 Å². The normalized spacial score (nSPS) is 20.9. The third kappa shape index (κ3) is 4.57. The van der Waals surface area contributed by atoms with Crippen LogP contribution >= 0.6 is 0 Å². The number of rotatable bonds is 9. The Hall–Kier alpha value is -2.62. The quantitative estimate of drug-likeness (QED) is 0.696. The van der Waals surface area contributed by atoms with Crippen LogP contribution in [0.25, 0.3) is 0 Å². The fraction of sp³-hybridized carbons (Fsp3) is 0.391. The molecule has 1 amide bonds. The first-order valence-corrected chi connectivity index (χ1v) is 9.68. The lowest BCUT2D eigenvalue weighted by Crippen LogP contribution is -2.24. The van der Waals surface area contributed by atoms with Crippen molar-refractivity contribution in [3.8, 4) is 0 Å². The van der Waals surface area contributed by atoms with Gasteiger partial charge in [-0.15, -0.1) is 0 Å². The Bertz CT molecular complexity index is 785. The van der Waals surface area contributed by atoms with E-state index in [-0.39, 0.29) is 11.8 Å². The van der Waals surface area contributed by atoms with Gasteiger partial charge in [-0.3, -0.25) is 9.59 Å². The van der Waals surface area contributed by atoms with E-state index in [1.165, 1.54) is 0 Å². The second-order valence-electron chi connectivity index (χ2n) is 7.50. The van der Waals surface area contributed by atoms with Gasteiger partial charge in [-0.1, -0.05) is 74.4 Å². The van der Waals surface area contributed by atoms with Crippen molar-refractivity contribution in [2.24, 2.45) is 5.41 Å². The van der Waals surface area contributed by atoms with E-state index in [1.54, 1.807) is 0 Å². The highest BCUT2D eigenvalue weighted by atomic mass is 16.4. The number of hydrogen-bond acceptors (Lipinski definition) is 2. The molecule has 1 aliphatic rings. The smallest absolute Gasteiger partial charge is 0.310 e. The summed E-state index contributed by atoms with van der Waals surface area (Å²) < 4.78 is 0. The molecule has 0 bridgehead atoms. The second-order valence-corrected chi connectivity index (χ2v) is 7.50. The Morgan fingerprint density at radius 1 is 1.07 bits per heavy atom. The van der Waals surface area contributed by atoms with Gasteiger partial charge in [0, 0.05) is 12.5 Å². The summed E-state index contributed by atoms with van der Waals surface area (Å²) in [5.74, 6) is -0.589. The van der Waals surface area contributed by atoms with Crippen LogP contribution in [0.15, 0.2) is 54.6 Å². The predicted octanol–water partition coefficient (Wildman–Crippen LogP) is 4.29. The zero-order valence-corrected chi connectivity index (χ0v) is 15.8. The maximum Gasteiger partial charge on any atom is 0.310 e. The van der Waals surface area contributed by atoms with Gasteiger partial charge in [0.25, 0.3) is 0 Å². The second kappa shape index (κ2) is 8.38. The number of hydrogen-bond donors (Lipinski definition) is 2. The number of carboxylic acids is 1. The minimum Gasteiger partial charge on any atom is -0.481 e. The van der Waals surface area contributed by atoms with Crippen molar-refractivity contribution in [1.29, 1.82) is 0 Å². The first kappa shape index (κ1) is 19.2. The van der Waals surface area contributed by atoms with Crippen LogP contribution < -0.4 is 5.32 Å². The van der Waals surface area contributed by atoms with E-state index in [0.29, 0.717) is 13.0 Å². The predicted molar refractivity (Wildman–Crippen MR) is 105 cm³/mol. The maximum absolute atomic E-state index is 12.1. The molecule has 1 aliphatic carbocycles. The number of amides is 1. The summed E-state index contributed by atoms with van der Waals surface area (Å²) in [6.07, 6.45) is 3.76. The molecule has 1 unspecified atom stereocenters. The van der Waals surface area contributed by atoms with Crippen LogP contribution in [-0.2, 0) is 22.6 Å². The molecule has 27 heavy (non-hydrogen) atoms. The van der Waals surface area contributed by atoms with Crippen molar-refractivity contribution in [2.75, 3.05) is 0 Å². The molecule has 4 nitrogen and oxygen atoms in total. The molecule has 2 aromatic carbocycles. The van der Waals surface area contributed by atoms with Crippen molar-refractivity contribution in [1.82, 2.24) is 5.32 Å². The van der Waals surface area contributed by atoms with Crippen LogP contribution in [0.5, 0.6) is 0 Å². The van der Waals surface area contributed by atoms with Gasteiger partial charge in [-0.05, 0) is 29.5 Å². The Kier molecular flexibility index (Phi) is 5.94. The third-order valence-electron chi connectivity index (χ3n) is 5.56. The minimum atomic E-state index is -0.676. The molecular formula is C23H27NO3. The number of carboxylic acid groups (broad SMARTS) is 1. The molecule has 1 saturated carbocycles. The van der Waals surface area contributed by atoms with E-state index in [2.05, 4.69) is 12.2 Å². The molecule has 1 fully saturated rings. The van der Waals surface area contributed by atoms with E-state index in [9.17, 15) is 14.7 Å². The van der Waals surface area contributed by atoms with E-state index >= 15 is 0 Å². The number of carbonyl (C=O) groups is 2. The zero-order valence-electron chi connectivity index (χ0n) is 15.8. The first-order chi connectivity index (χ1) is 13.0. The van der Waals surface area contributed by atoms with Crippen molar-refractivity contribution in [2.45, 2.75) is 51.5 Å². The Morgan fingerprint density at radius 3 is 2.41 bits per heavy atom. The van der Waals surface area contributed by atoms with Crippen molar-refractivity contribution in [3.05, 3.63) is 71.3 Å². The summed E-state index contributed by atoms with van der Waals surface area (Å²) in [5, 5.41) is 12.6. The average Bonchev–Trinajstić information content (AvgIpc) is 3.42. The van der Waals surface area contributed by atoms with Gasteiger partial charge >= 0.3 is 5.97 Å². The number of nitrogens with one attached hydrogen (secondary N) is 1. The SMILES string of the molecule is CCCCC1(C(=O)O)C[C@H]1c1ccc(CC(=O)NCc2ccccc2)cc1. The van der Waals surface area contributed by atoms with Gasteiger partial charge in [0.05, 0.1) is 11.8 Å². The maximum atomic E-state index is 12.1. The number of carbonyl (C=O) groups excluding carboxylic acids is 1. The topological polar surface area (TPSA) is 66.4 Å². The van der Waals surface area contributed by atoms with E-state index < -0.39 is 11.4 Å². The van der Waals surface area contributed by atoms with Crippen LogP contribution in [0.4, 0.5) is 0 Å². The molecule has 2 N–H and O–H groups in total. The standard InChI is InChI=1S/C23H27NO3/c1-2-3-13-23(22(26)27)15-20(23)19-11-9-17(10-12-19)14-21(25)24-16-18-7-5-4-6-8-18/h4-12,20H,2-3,13-16H2,1H3,(H,24,25)(H,26,27)/t20-,23?/m0/s1. The molecule has 3 rings (SSSR count). The number of benzene rings is 2. The highest BCUT2D eigenvalue weighted by Crippen LogP contribution is 2.62. The summed E-state index contributed by atoms with van der Waals surface area (Å²) >= 11 is 0. The van der Waals surface area contributed by atoms with Crippen molar-refractivity contribution < 1.29 is 14.7 Å². The lowest BCUT2D eigenvalue weighted by molar-refractivity contribution is -0.143. The summed E-state index contributed by atoms with van der Waals surface area (Å²) in [6, 6.07) is 17.7. The number of aliphatic carboxylic acids is 1. The fourth-order valence-corrected chi connectivity index (χ4v) is 3.77. The van der Waals surface area contributed by atoms with Crippen LogP contribution in [-0.4, -0.2) is 17.0 Å². The molecule has 0 heterocycles. The van der Waals surface area contributed by atoms with Gasteiger partial charge in [0.2, 0.25) is 5.91 Å². The number of unbranched alkanes of at least 4 members (excludes halogenated alkanes) is 1. The van der Waals surface area contributed by atoms with Crippen LogP contribution in [0.1, 0.15) is 55.2 Å².